The van der Waals surface area contributed by atoms with Gasteiger partial charge in [0, 0.05) is 43.8 Å². The van der Waals surface area contributed by atoms with Crippen molar-refractivity contribution >= 4 is 10.0 Å². The van der Waals surface area contributed by atoms with E-state index in [1.165, 1.54) is 10.6 Å². The van der Waals surface area contributed by atoms with Gasteiger partial charge in [-0.2, -0.15) is 4.31 Å². The van der Waals surface area contributed by atoms with E-state index in [9.17, 15) is 17.2 Å². The topological polar surface area (TPSA) is 43.9 Å². The fourth-order valence-corrected chi connectivity index (χ4v) is 5.00. The van der Waals surface area contributed by atoms with E-state index < -0.39 is 22.0 Å². The minimum atomic E-state index is -3.41. The van der Waals surface area contributed by atoms with Gasteiger partial charge < -0.3 is 0 Å². The highest BCUT2D eigenvalue weighted by Gasteiger charge is 2.39. The zero-order valence-corrected chi connectivity index (χ0v) is 18.4. The Morgan fingerprint density at radius 2 is 1.65 bits per heavy atom. The smallest absolute Gasteiger partial charge is 0.251 e. The summed E-state index contributed by atoms with van der Waals surface area (Å²) in [6, 6.07) is 0.0910. The molecule has 0 spiro atoms. The van der Waals surface area contributed by atoms with Crippen molar-refractivity contribution in [3.8, 4) is 0 Å². The molecule has 0 aromatic heterocycles. The van der Waals surface area contributed by atoms with Gasteiger partial charge in [-0.25, -0.2) is 17.2 Å². The lowest BCUT2D eigenvalue weighted by Gasteiger charge is -2.50. The van der Waals surface area contributed by atoms with Crippen LogP contribution in [0.5, 0.6) is 0 Å². The average molecular weight is 398 g/mol. The van der Waals surface area contributed by atoms with E-state index in [1.807, 2.05) is 20.8 Å². The highest BCUT2D eigenvalue weighted by molar-refractivity contribution is 7.88. The molecule has 1 heterocycles. The Balaban J connectivity index is 3.13. The van der Waals surface area contributed by atoms with Gasteiger partial charge in [0.25, 0.3) is 6.43 Å². The van der Waals surface area contributed by atoms with Crippen molar-refractivity contribution in [3.05, 3.63) is 0 Å². The number of piperazine rings is 1. The zero-order chi connectivity index (χ0) is 20.5. The van der Waals surface area contributed by atoms with E-state index in [0.29, 0.717) is 26.2 Å². The molecule has 1 fully saturated rings. The van der Waals surface area contributed by atoms with Gasteiger partial charge in [-0.15, -0.1) is 0 Å². The van der Waals surface area contributed by atoms with Gasteiger partial charge >= 0.3 is 0 Å². The van der Waals surface area contributed by atoms with Crippen LogP contribution in [0.15, 0.2) is 0 Å². The zero-order valence-electron chi connectivity index (χ0n) is 17.6. The predicted molar refractivity (Wildman–Crippen MR) is 103 cm³/mol. The molecule has 0 saturated carbocycles. The van der Waals surface area contributed by atoms with Crippen LogP contribution in [0.2, 0.25) is 0 Å². The predicted octanol–water partition coefficient (Wildman–Crippen LogP) is 2.73. The molecule has 0 amide bonds. The molecule has 156 valence electrons. The van der Waals surface area contributed by atoms with Crippen LogP contribution in [0.1, 0.15) is 48.5 Å². The summed E-state index contributed by atoms with van der Waals surface area (Å²) in [5, 5.41) is 0. The van der Waals surface area contributed by atoms with Gasteiger partial charge in [0.1, 0.15) is 0 Å². The monoisotopic (exact) mass is 397 g/mol. The maximum Gasteiger partial charge on any atom is 0.251 e. The standard InChI is InChI=1S/C18H37F2N3O2S/c1-14(17(2,3)4)22-10-9-21(13-16(19)20)11-15(22)12-23(18(5,6)7)26(8,24)25/h14-16H,9-13H2,1-8H3. The number of sulfonamides is 1. The molecule has 0 aromatic carbocycles. The number of alkyl halides is 2. The van der Waals surface area contributed by atoms with E-state index in [1.54, 1.807) is 4.90 Å². The van der Waals surface area contributed by atoms with E-state index >= 15 is 0 Å². The van der Waals surface area contributed by atoms with Gasteiger partial charge in [0.15, 0.2) is 0 Å². The molecule has 5 nitrogen and oxygen atoms in total. The van der Waals surface area contributed by atoms with E-state index in [-0.39, 0.29) is 24.0 Å². The van der Waals surface area contributed by atoms with Crippen molar-refractivity contribution < 1.29 is 17.2 Å². The fraction of sp³-hybridized carbons (Fsp3) is 1.00. The summed E-state index contributed by atoms with van der Waals surface area (Å²) >= 11 is 0. The summed E-state index contributed by atoms with van der Waals surface area (Å²) in [7, 11) is -3.41. The normalized spacial score (nSPS) is 23.0. The number of nitrogens with zero attached hydrogens (tertiary/aromatic N) is 3. The Morgan fingerprint density at radius 1 is 1.12 bits per heavy atom. The Labute approximate surface area is 158 Å². The molecule has 0 radical (unpaired) electrons. The molecule has 26 heavy (non-hydrogen) atoms. The highest BCUT2D eigenvalue weighted by atomic mass is 32.2. The molecule has 1 aliphatic rings. The van der Waals surface area contributed by atoms with Crippen LogP contribution in [0, 0.1) is 5.41 Å². The third kappa shape index (κ3) is 6.69. The average Bonchev–Trinajstić information content (AvgIpc) is 2.40. The number of hydrogen-bond acceptors (Lipinski definition) is 4. The molecule has 0 aromatic rings. The van der Waals surface area contributed by atoms with Crippen LogP contribution >= 0.6 is 0 Å². The van der Waals surface area contributed by atoms with Crippen LogP contribution in [-0.2, 0) is 10.0 Å². The first-order valence-electron chi connectivity index (χ1n) is 9.27. The Kier molecular flexibility index (Phi) is 7.64. The van der Waals surface area contributed by atoms with Gasteiger partial charge in [-0.05, 0) is 33.1 Å². The molecule has 2 unspecified atom stereocenters. The Hall–Kier alpha value is -0.310. The Morgan fingerprint density at radius 3 is 2.04 bits per heavy atom. The van der Waals surface area contributed by atoms with Gasteiger partial charge in [0.05, 0.1) is 12.8 Å². The SMILES string of the molecule is CC(N1CCN(CC(F)F)CC1CN(C(C)(C)C)S(C)(=O)=O)C(C)(C)C. The summed E-state index contributed by atoms with van der Waals surface area (Å²) in [6.45, 7) is 15.9. The number of halogens is 2. The second-order valence-corrected chi connectivity index (χ2v) is 11.5. The van der Waals surface area contributed by atoms with Crippen LogP contribution in [0.25, 0.3) is 0 Å². The highest BCUT2D eigenvalue weighted by Crippen LogP contribution is 2.29. The summed E-state index contributed by atoms with van der Waals surface area (Å²) < 4.78 is 52.0. The molecular weight excluding hydrogens is 360 g/mol. The maximum absolute atomic E-state index is 12.9. The van der Waals surface area contributed by atoms with Crippen LogP contribution in [0.3, 0.4) is 0 Å². The fourth-order valence-electron chi connectivity index (χ4n) is 3.56. The quantitative estimate of drug-likeness (QED) is 0.691. The van der Waals surface area contributed by atoms with Gasteiger partial charge in [0.2, 0.25) is 10.0 Å². The second kappa shape index (κ2) is 8.37. The van der Waals surface area contributed by atoms with Gasteiger partial charge in [-0.3, -0.25) is 9.80 Å². The van der Waals surface area contributed by atoms with E-state index in [2.05, 4.69) is 32.6 Å². The molecular formula is C18H37F2N3O2S. The Bertz CT molecular complexity index is 556. The minimum Gasteiger partial charge on any atom is -0.295 e. The van der Waals surface area contributed by atoms with Gasteiger partial charge in [-0.1, -0.05) is 20.8 Å². The lowest BCUT2D eigenvalue weighted by molar-refractivity contribution is -0.0205. The molecule has 2 atom stereocenters. The van der Waals surface area contributed by atoms with Crippen molar-refractivity contribution in [2.75, 3.05) is 39.0 Å². The first-order valence-corrected chi connectivity index (χ1v) is 11.1. The van der Waals surface area contributed by atoms with Crippen molar-refractivity contribution in [2.24, 2.45) is 5.41 Å². The summed E-state index contributed by atoms with van der Waals surface area (Å²) in [4.78, 5) is 4.05. The second-order valence-electron chi connectivity index (χ2n) is 9.55. The molecule has 1 rings (SSSR count). The van der Waals surface area contributed by atoms with Crippen LogP contribution < -0.4 is 0 Å². The lowest BCUT2D eigenvalue weighted by atomic mass is 9.85. The molecule has 1 saturated heterocycles. The molecule has 0 N–H and O–H groups in total. The molecule has 8 heteroatoms. The first-order chi connectivity index (χ1) is 11.5. The van der Waals surface area contributed by atoms with Crippen molar-refractivity contribution in [1.82, 2.24) is 14.1 Å². The number of hydrogen-bond donors (Lipinski definition) is 0. The molecule has 0 aliphatic carbocycles. The van der Waals surface area contributed by atoms with Crippen LogP contribution in [0.4, 0.5) is 8.78 Å². The van der Waals surface area contributed by atoms with Crippen molar-refractivity contribution in [3.63, 3.8) is 0 Å². The third-order valence-corrected chi connectivity index (χ3v) is 6.78. The van der Waals surface area contributed by atoms with Crippen molar-refractivity contribution in [1.29, 1.82) is 0 Å². The molecule has 0 bridgehead atoms. The van der Waals surface area contributed by atoms with Crippen molar-refractivity contribution in [2.45, 2.75) is 72.5 Å². The van der Waals surface area contributed by atoms with E-state index in [4.69, 9.17) is 0 Å². The maximum atomic E-state index is 12.9. The summed E-state index contributed by atoms with van der Waals surface area (Å²) in [6.07, 6.45) is -1.16. The number of rotatable bonds is 6. The molecule has 1 aliphatic heterocycles. The summed E-state index contributed by atoms with van der Waals surface area (Å²) in [5.74, 6) is 0. The minimum absolute atomic E-state index is 0.0147. The van der Waals surface area contributed by atoms with Crippen LogP contribution in [-0.4, -0.2) is 85.6 Å². The third-order valence-electron chi connectivity index (χ3n) is 5.28. The van der Waals surface area contributed by atoms with E-state index in [0.717, 1.165) is 0 Å². The summed E-state index contributed by atoms with van der Waals surface area (Å²) in [5.41, 5.74) is -0.546. The largest absolute Gasteiger partial charge is 0.295 e. The first kappa shape index (κ1) is 23.7. The lowest BCUT2D eigenvalue weighted by Crippen LogP contribution is -2.63.